The fraction of sp³-hybridized carbons (Fsp3) is 0.200. The maximum Gasteiger partial charge on any atom is 0.131 e. The maximum absolute atomic E-state index is 9.68. The summed E-state index contributed by atoms with van der Waals surface area (Å²) in [5, 5.41) is 12.6. The molecule has 74 valence electrons. The van der Waals surface area contributed by atoms with E-state index in [1.807, 2.05) is 11.4 Å². The molecule has 2 aromatic rings. The van der Waals surface area contributed by atoms with Crippen LogP contribution in [0.15, 0.2) is 17.5 Å². The quantitative estimate of drug-likeness (QED) is 0.799. The molecule has 0 aliphatic rings. The number of hydrogen-bond acceptors (Lipinski definition) is 3. The van der Waals surface area contributed by atoms with Crippen molar-refractivity contribution in [1.82, 2.24) is 0 Å². The topological polar surface area (TPSA) is 29.5 Å². The Bertz CT molecular complexity index is 464. The van der Waals surface area contributed by atoms with E-state index in [0.717, 1.165) is 15.6 Å². The third-order valence-electron chi connectivity index (χ3n) is 2.14. The molecule has 0 amide bonds. The van der Waals surface area contributed by atoms with E-state index >= 15 is 0 Å². The predicted molar refractivity (Wildman–Crippen MR) is 59.6 cm³/mol. The highest BCUT2D eigenvalue weighted by Gasteiger charge is 2.12. The number of halogens is 1. The van der Waals surface area contributed by atoms with Crippen LogP contribution in [-0.4, -0.2) is 12.2 Å². The van der Waals surface area contributed by atoms with Gasteiger partial charge in [-0.15, -0.1) is 22.9 Å². The number of benzene rings is 1. The first-order valence-corrected chi connectivity index (χ1v) is 5.51. The molecule has 1 aromatic carbocycles. The zero-order valence-corrected chi connectivity index (χ0v) is 9.15. The molecule has 0 spiro atoms. The smallest absolute Gasteiger partial charge is 0.131 e. The van der Waals surface area contributed by atoms with E-state index in [1.54, 1.807) is 24.5 Å². The average molecular weight is 229 g/mol. The molecule has 2 nitrogen and oxygen atoms in total. The van der Waals surface area contributed by atoms with Gasteiger partial charge in [-0.2, -0.15) is 0 Å². The van der Waals surface area contributed by atoms with Crippen LogP contribution in [0.2, 0.25) is 0 Å². The number of phenols is 1. The third-order valence-corrected chi connectivity index (χ3v) is 3.38. The van der Waals surface area contributed by atoms with Gasteiger partial charge in [-0.3, -0.25) is 0 Å². The van der Waals surface area contributed by atoms with Gasteiger partial charge in [0.2, 0.25) is 0 Å². The largest absolute Gasteiger partial charge is 0.507 e. The zero-order chi connectivity index (χ0) is 10.1. The minimum atomic E-state index is 0.201. The number of hydrogen-bond donors (Lipinski definition) is 1. The van der Waals surface area contributed by atoms with Crippen LogP contribution < -0.4 is 4.74 Å². The average Bonchev–Trinajstić information content (AvgIpc) is 2.65. The van der Waals surface area contributed by atoms with Crippen LogP contribution in [0.4, 0.5) is 0 Å². The summed E-state index contributed by atoms with van der Waals surface area (Å²) < 4.78 is 6.17. The molecule has 1 aromatic heterocycles. The fourth-order valence-corrected chi connectivity index (χ4v) is 2.74. The number of methoxy groups -OCH3 is 1. The normalized spacial score (nSPS) is 10.7. The fourth-order valence-electron chi connectivity index (χ4n) is 1.44. The summed E-state index contributed by atoms with van der Waals surface area (Å²) in [5.41, 5.74) is 0.775. The molecule has 0 aliphatic carbocycles. The number of phenolic OH excluding ortho intramolecular Hbond substituents is 1. The number of thiophene rings is 1. The minimum absolute atomic E-state index is 0.201. The van der Waals surface area contributed by atoms with Gasteiger partial charge in [0.1, 0.15) is 11.5 Å². The second-order valence-electron chi connectivity index (χ2n) is 2.87. The molecule has 4 heteroatoms. The third kappa shape index (κ3) is 1.33. The van der Waals surface area contributed by atoms with Gasteiger partial charge in [0, 0.05) is 21.7 Å². The first-order chi connectivity index (χ1) is 6.77. The summed E-state index contributed by atoms with van der Waals surface area (Å²) in [6.07, 6.45) is 0. The summed E-state index contributed by atoms with van der Waals surface area (Å²) >= 11 is 7.33. The Balaban J connectivity index is 2.81. The summed E-state index contributed by atoms with van der Waals surface area (Å²) in [7, 11) is 1.59. The number of rotatable bonds is 2. The second kappa shape index (κ2) is 3.67. The van der Waals surface area contributed by atoms with E-state index in [9.17, 15) is 5.11 Å². The number of ether oxygens (including phenoxy) is 1. The van der Waals surface area contributed by atoms with E-state index in [1.165, 1.54) is 0 Å². The molecule has 0 saturated carbocycles. The molecular formula is C10H9ClO2S. The monoisotopic (exact) mass is 228 g/mol. The number of alkyl halides is 1. The summed E-state index contributed by atoms with van der Waals surface area (Å²) in [5.74, 6) is 1.20. The van der Waals surface area contributed by atoms with Crippen LogP contribution in [0, 0.1) is 0 Å². The highest BCUT2D eigenvalue weighted by molar-refractivity contribution is 7.17. The molecule has 0 unspecified atom stereocenters. The Morgan fingerprint density at radius 3 is 3.00 bits per heavy atom. The van der Waals surface area contributed by atoms with E-state index in [2.05, 4.69) is 0 Å². The Morgan fingerprint density at radius 1 is 1.57 bits per heavy atom. The lowest BCUT2D eigenvalue weighted by atomic mass is 10.1. The predicted octanol–water partition coefficient (Wildman–Crippen LogP) is 3.35. The van der Waals surface area contributed by atoms with E-state index in [-0.39, 0.29) is 5.75 Å². The van der Waals surface area contributed by atoms with Gasteiger partial charge >= 0.3 is 0 Å². The van der Waals surface area contributed by atoms with Crippen molar-refractivity contribution >= 4 is 33.0 Å². The molecule has 14 heavy (non-hydrogen) atoms. The van der Waals surface area contributed by atoms with Crippen molar-refractivity contribution in [2.75, 3.05) is 7.11 Å². The van der Waals surface area contributed by atoms with E-state index in [4.69, 9.17) is 16.3 Å². The van der Waals surface area contributed by atoms with Crippen LogP contribution in [-0.2, 0) is 5.88 Å². The SMILES string of the molecule is COc1cc(O)c(CCl)c2sccc12. The lowest BCUT2D eigenvalue weighted by Crippen LogP contribution is -1.86. The van der Waals surface area contributed by atoms with Gasteiger partial charge in [0.05, 0.1) is 13.0 Å². The zero-order valence-electron chi connectivity index (χ0n) is 7.58. The van der Waals surface area contributed by atoms with Crippen molar-refractivity contribution in [3.05, 3.63) is 23.1 Å². The van der Waals surface area contributed by atoms with Crippen molar-refractivity contribution in [3.63, 3.8) is 0 Å². The Hall–Kier alpha value is -0.930. The number of fused-ring (bicyclic) bond motifs is 1. The molecule has 0 radical (unpaired) electrons. The second-order valence-corrected chi connectivity index (χ2v) is 4.06. The Kier molecular flexibility index (Phi) is 2.52. The lowest BCUT2D eigenvalue weighted by molar-refractivity contribution is 0.412. The van der Waals surface area contributed by atoms with E-state index in [0.29, 0.717) is 11.6 Å². The molecule has 2 rings (SSSR count). The Morgan fingerprint density at radius 2 is 2.36 bits per heavy atom. The van der Waals surface area contributed by atoms with Crippen LogP contribution >= 0.6 is 22.9 Å². The lowest BCUT2D eigenvalue weighted by Gasteiger charge is -2.07. The highest BCUT2D eigenvalue weighted by Crippen LogP contribution is 2.38. The molecule has 1 heterocycles. The highest BCUT2D eigenvalue weighted by atomic mass is 35.5. The van der Waals surface area contributed by atoms with Gasteiger partial charge in [-0.25, -0.2) is 0 Å². The van der Waals surface area contributed by atoms with Crippen molar-refractivity contribution < 1.29 is 9.84 Å². The molecule has 1 N–H and O–H groups in total. The standard InChI is InChI=1S/C10H9ClO2S/c1-13-9-4-8(12)7(5-11)10-6(9)2-3-14-10/h2-4,12H,5H2,1H3. The van der Waals surface area contributed by atoms with Crippen molar-refractivity contribution in [3.8, 4) is 11.5 Å². The minimum Gasteiger partial charge on any atom is -0.507 e. The molecular weight excluding hydrogens is 220 g/mol. The summed E-state index contributed by atoms with van der Waals surface area (Å²) in [6.45, 7) is 0. The summed E-state index contributed by atoms with van der Waals surface area (Å²) in [6, 6.07) is 3.57. The van der Waals surface area contributed by atoms with Crippen LogP contribution in [0.25, 0.3) is 10.1 Å². The van der Waals surface area contributed by atoms with Crippen LogP contribution in [0.3, 0.4) is 0 Å². The number of aromatic hydroxyl groups is 1. The maximum atomic E-state index is 9.68. The Labute approximate surface area is 90.7 Å². The summed E-state index contributed by atoms with van der Waals surface area (Å²) in [4.78, 5) is 0. The van der Waals surface area contributed by atoms with Gasteiger partial charge in [-0.1, -0.05) is 0 Å². The van der Waals surface area contributed by atoms with Crippen LogP contribution in [0.1, 0.15) is 5.56 Å². The van der Waals surface area contributed by atoms with Crippen molar-refractivity contribution in [2.45, 2.75) is 5.88 Å². The molecule has 0 saturated heterocycles. The van der Waals surface area contributed by atoms with Crippen molar-refractivity contribution in [1.29, 1.82) is 0 Å². The van der Waals surface area contributed by atoms with Gasteiger partial charge in [0.15, 0.2) is 0 Å². The first-order valence-electron chi connectivity index (χ1n) is 4.10. The van der Waals surface area contributed by atoms with Crippen LogP contribution in [0.5, 0.6) is 11.5 Å². The first kappa shape index (κ1) is 9.62. The molecule has 0 aliphatic heterocycles. The van der Waals surface area contributed by atoms with Gasteiger partial charge < -0.3 is 9.84 Å². The molecule has 0 atom stereocenters. The molecule has 0 fully saturated rings. The van der Waals surface area contributed by atoms with E-state index < -0.39 is 0 Å². The van der Waals surface area contributed by atoms with Crippen molar-refractivity contribution in [2.24, 2.45) is 0 Å². The van der Waals surface area contributed by atoms with Gasteiger partial charge in [0.25, 0.3) is 0 Å². The molecule has 0 bridgehead atoms. The van der Waals surface area contributed by atoms with Gasteiger partial charge in [-0.05, 0) is 11.4 Å².